The molecule has 2 aromatic rings. The van der Waals surface area contributed by atoms with Crippen LogP contribution >= 0.6 is 0 Å². The minimum absolute atomic E-state index is 0.242. The molecule has 0 aromatic heterocycles. The number of hydrogen-bond donors (Lipinski definition) is 0. The van der Waals surface area contributed by atoms with Gasteiger partial charge in [-0.15, -0.1) is 0 Å². The second kappa shape index (κ2) is 8.15. The van der Waals surface area contributed by atoms with Crippen LogP contribution in [0.25, 0.3) is 0 Å². The van der Waals surface area contributed by atoms with Crippen molar-refractivity contribution in [2.75, 3.05) is 26.2 Å². The van der Waals surface area contributed by atoms with Crippen LogP contribution in [0.1, 0.15) is 25.5 Å². The fourth-order valence-corrected chi connectivity index (χ4v) is 3.43. The van der Waals surface area contributed by atoms with E-state index in [1.54, 1.807) is 0 Å². The maximum atomic E-state index is 9.81. The molecular weight excluding hydrogens is 310 g/mol. The smallest absolute Gasteiger partial charge is 0.127 e. The highest BCUT2D eigenvalue weighted by atomic mass is 16.5. The summed E-state index contributed by atoms with van der Waals surface area (Å²) in [6.45, 7) is 8.39. The van der Waals surface area contributed by atoms with Crippen molar-refractivity contribution in [3.8, 4) is 17.6 Å². The Kier molecular flexibility index (Phi) is 5.70. The van der Waals surface area contributed by atoms with Gasteiger partial charge < -0.3 is 9.64 Å². The zero-order valence-corrected chi connectivity index (χ0v) is 14.9. The van der Waals surface area contributed by atoms with Crippen LogP contribution in [0.2, 0.25) is 0 Å². The number of nitrogens with zero attached hydrogens (tertiary/aromatic N) is 3. The van der Waals surface area contributed by atoms with E-state index in [0.29, 0.717) is 6.04 Å². The topological polar surface area (TPSA) is 39.5 Å². The standard InChI is InChI=1S/C21H25N3O/c1-3-23-12-13-24(17(2)16-23)21(15-22)18-8-7-11-20(14-18)25-19-9-5-4-6-10-19/h4-11,14,17,21H,3,12-13,16H2,1-2H3. The first-order chi connectivity index (χ1) is 12.2. The van der Waals surface area contributed by atoms with Gasteiger partial charge in [0.15, 0.2) is 0 Å². The van der Waals surface area contributed by atoms with Gasteiger partial charge in [0.2, 0.25) is 0 Å². The number of ether oxygens (including phenoxy) is 1. The molecule has 0 bridgehead atoms. The average molecular weight is 335 g/mol. The average Bonchev–Trinajstić information content (AvgIpc) is 2.65. The first-order valence-corrected chi connectivity index (χ1v) is 8.92. The summed E-state index contributed by atoms with van der Waals surface area (Å²) in [6, 6.07) is 20.2. The first-order valence-electron chi connectivity index (χ1n) is 8.92. The number of piperazine rings is 1. The van der Waals surface area contributed by atoms with E-state index < -0.39 is 0 Å². The minimum Gasteiger partial charge on any atom is -0.457 e. The van der Waals surface area contributed by atoms with E-state index in [2.05, 4.69) is 29.7 Å². The fraction of sp³-hybridized carbons (Fsp3) is 0.381. The molecule has 1 saturated heterocycles. The summed E-state index contributed by atoms with van der Waals surface area (Å²) in [5.41, 5.74) is 0.993. The van der Waals surface area contributed by atoms with Gasteiger partial charge in [-0.05, 0) is 43.3 Å². The van der Waals surface area contributed by atoms with Crippen molar-refractivity contribution >= 4 is 0 Å². The van der Waals surface area contributed by atoms with E-state index in [-0.39, 0.29) is 6.04 Å². The molecule has 1 fully saturated rings. The summed E-state index contributed by atoms with van der Waals surface area (Å²) in [7, 11) is 0. The highest BCUT2D eigenvalue weighted by Gasteiger charge is 2.29. The monoisotopic (exact) mass is 335 g/mol. The summed E-state index contributed by atoms with van der Waals surface area (Å²) in [4.78, 5) is 4.73. The second-order valence-electron chi connectivity index (χ2n) is 6.50. The molecule has 0 amide bonds. The Bertz CT molecular complexity index is 725. The Hall–Kier alpha value is -2.35. The van der Waals surface area contributed by atoms with Crippen molar-refractivity contribution in [2.45, 2.75) is 25.9 Å². The quantitative estimate of drug-likeness (QED) is 0.826. The van der Waals surface area contributed by atoms with Crippen molar-refractivity contribution in [3.63, 3.8) is 0 Å². The van der Waals surface area contributed by atoms with Gasteiger partial charge in [0.1, 0.15) is 17.5 Å². The zero-order chi connectivity index (χ0) is 17.6. The molecule has 1 heterocycles. The molecule has 130 valence electrons. The van der Waals surface area contributed by atoms with E-state index in [1.165, 1.54) is 0 Å². The maximum absolute atomic E-state index is 9.81. The van der Waals surface area contributed by atoms with Gasteiger partial charge in [-0.3, -0.25) is 4.90 Å². The van der Waals surface area contributed by atoms with Crippen molar-refractivity contribution < 1.29 is 4.74 Å². The maximum Gasteiger partial charge on any atom is 0.127 e. The number of hydrogen-bond acceptors (Lipinski definition) is 4. The van der Waals surface area contributed by atoms with Crippen LogP contribution in [0.4, 0.5) is 0 Å². The lowest BCUT2D eigenvalue weighted by Crippen LogP contribution is -2.52. The molecule has 1 aliphatic rings. The third kappa shape index (κ3) is 4.19. The molecule has 2 unspecified atom stereocenters. The predicted octanol–water partition coefficient (Wildman–Crippen LogP) is 4.07. The van der Waals surface area contributed by atoms with Crippen LogP contribution in [-0.2, 0) is 0 Å². The van der Waals surface area contributed by atoms with E-state index in [0.717, 1.165) is 43.2 Å². The largest absolute Gasteiger partial charge is 0.457 e. The predicted molar refractivity (Wildman–Crippen MR) is 99.6 cm³/mol. The lowest BCUT2D eigenvalue weighted by atomic mass is 10.0. The third-order valence-electron chi connectivity index (χ3n) is 4.82. The van der Waals surface area contributed by atoms with Crippen LogP contribution in [0.15, 0.2) is 54.6 Å². The number of rotatable bonds is 5. The summed E-state index contributed by atoms with van der Waals surface area (Å²) in [5.74, 6) is 1.57. The molecular formula is C21H25N3O. The van der Waals surface area contributed by atoms with Crippen LogP contribution in [0.3, 0.4) is 0 Å². The normalized spacial score (nSPS) is 20.0. The Morgan fingerprint density at radius 2 is 1.88 bits per heavy atom. The molecule has 0 spiro atoms. The molecule has 0 N–H and O–H groups in total. The van der Waals surface area contributed by atoms with Crippen LogP contribution in [-0.4, -0.2) is 42.0 Å². The summed E-state index contributed by atoms with van der Waals surface area (Å²) >= 11 is 0. The van der Waals surface area contributed by atoms with Crippen LogP contribution < -0.4 is 4.74 Å². The van der Waals surface area contributed by atoms with Crippen LogP contribution in [0.5, 0.6) is 11.5 Å². The number of likely N-dealkylation sites (N-methyl/N-ethyl adjacent to an activating group) is 1. The number of nitriles is 1. The number of benzene rings is 2. The summed E-state index contributed by atoms with van der Waals surface area (Å²) in [5, 5.41) is 9.81. The third-order valence-corrected chi connectivity index (χ3v) is 4.82. The summed E-state index contributed by atoms with van der Waals surface area (Å²) in [6.07, 6.45) is 0. The molecule has 0 radical (unpaired) electrons. The Balaban J connectivity index is 1.77. The van der Waals surface area contributed by atoms with Crippen molar-refractivity contribution in [2.24, 2.45) is 0 Å². The van der Waals surface area contributed by atoms with Crippen molar-refractivity contribution in [3.05, 3.63) is 60.2 Å². The van der Waals surface area contributed by atoms with Gasteiger partial charge in [0.25, 0.3) is 0 Å². The van der Waals surface area contributed by atoms with Gasteiger partial charge in [-0.2, -0.15) is 5.26 Å². The Morgan fingerprint density at radius 1 is 1.12 bits per heavy atom. The molecule has 0 saturated carbocycles. The number of para-hydroxylation sites is 1. The fourth-order valence-electron chi connectivity index (χ4n) is 3.43. The van der Waals surface area contributed by atoms with E-state index in [1.807, 2.05) is 54.6 Å². The highest BCUT2D eigenvalue weighted by molar-refractivity contribution is 5.36. The minimum atomic E-state index is -0.242. The summed E-state index contributed by atoms with van der Waals surface area (Å²) < 4.78 is 5.93. The molecule has 0 aliphatic carbocycles. The molecule has 3 rings (SSSR count). The van der Waals surface area contributed by atoms with Gasteiger partial charge >= 0.3 is 0 Å². The van der Waals surface area contributed by atoms with E-state index >= 15 is 0 Å². The van der Waals surface area contributed by atoms with Crippen LogP contribution in [0, 0.1) is 11.3 Å². The van der Waals surface area contributed by atoms with E-state index in [4.69, 9.17) is 4.74 Å². The highest BCUT2D eigenvalue weighted by Crippen LogP contribution is 2.29. The SMILES string of the molecule is CCN1CCN(C(C#N)c2cccc(Oc3ccccc3)c2)C(C)C1. The molecule has 4 nitrogen and oxygen atoms in total. The zero-order valence-electron chi connectivity index (χ0n) is 14.9. The molecule has 1 aliphatic heterocycles. The van der Waals surface area contributed by atoms with Crippen molar-refractivity contribution in [1.29, 1.82) is 5.26 Å². The van der Waals surface area contributed by atoms with Gasteiger partial charge in [0, 0.05) is 25.7 Å². The van der Waals surface area contributed by atoms with E-state index in [9.17, 15) is 5.26 Å². The van der Waals surface area contributed by atoms with Crippen molar-refractivity contribution in [1.82, 2.24) is 9.80 Å². The Morgan fingerprint density at radius 3 is 2.56 bits per heavy atom. The van der Waals surface area contributed by atoms with Gasteiger partial charge in [-0.1, -0.05) is 37.3 Å². The first kappa shape index (κ1) is 17.5. The lowest BCUT2D eigenvalue weighted by Gasteiger charge is -2.41. The molecule has 2 aromatic carbocycles. The molecule has 25 heavy (non-hydrogen) atoms. The van der Waals surface area contributed by atoms with Gasteiger partial charge in [0.05, 0.1) is 6.07 Å². The lowest BCUT2D eigenvalue weighted by molar-refractivity contribution is 0.0683. The second-order valence-corrected chi connectivity index (χ2v) is 6.50. The molecule has 4 heteroatoms. The molecule has 2 atom stereocenters. The Labute approximate surface area is 150 Å². The van der Waals surface area contributed by atoms with Gasteiger partial charge in [-0.25, -0.2) is 0 Å².